The van der Waals surface area contributed by atoms with Crippen LogP contribution in [0.15, 0.2) is 23.6 Å². The number of aliphatic hydroxyl groups excluding tert-OH is 1. The predicted octanol–water partition coefficient (Wildman–Crippen LogP) is 4.07. The Bertz CT molecular complexity index is 595. The maximum absolute atomic E-state index is 10.4. The second-order valence-corrected chi connectivity index (χ2v) is 5.91. The van der Waals surface area contributed by atoms with Crippen LogP contribution in [0.5, 0.6) is 5.75 Å². The van der Waals surface area contributed by atoms with Gasteiger partial charge >= 0.3 is 0 Å². The van der Waals surface area contributed by atoms with Crippen molar-refractivity contribution in [1.82, 2.24) is 0 Å². The van der Waals surface area contributed by atoms with Gasteiger partial charge in [0.15, 0.2) is 0 Å². The average Bonchev–Trinajstić information content (AvgIpc) is 2.95. The van der Waals surface area contributed by atoms with Gasteiger partial charge in [-0.2, -0.15) is 0 Å². The van der Waals surface area contributed by atoms with Gasteiger partial charge in [-0.05, 0) is 29.1 Å². The van der Waals surface area contributed by atoms with Gasteiger partial charge in [0.25, 0.3) is 0 Å². The van der Waals surface area contributed by atoms with Crippen LogP contribution in [0.25, 0.3) is 0 Å². The molecule has 94 valence electrons. The highest BCUT2D eigenvalue weighted by molar-refractivity contribution is 7.10. The second-order valence-electron chi connectivity index (χ2n) is 4.12. The Labute approximate surface area is 119 Å². The minimum atomic E-state index is -0.789. The largest absolute Gasteiger partial charge is 0.493 e. The van der Waals surface area contributed by atoms with E-state index in [-0.39, 0.29) is 0 Å². The summed E-state index contributed by atoms with van der Waals surface area (Å²) in [5.74, 6) is 0.747. The number of hydrogen-bond donors (Lipinski definition) is 1. The van der Waals surface area contributed by atoms with Crippen molar-refractivity contribution in [2.75, 3.05) is 6.61 Å². The van der Waals surface area contributed by atoms with Crippen LogP contribution in [0.1, 0.15) is 22.1 Å². The van der Waals surface area contributed by atoms with Crippen molar-refractivity contribution in [2.45, 2.75) is 12.5 Å². The number of halogens is 2. The van der Waals surface area contributed by atoms with E-state index < -0.39 is 6.10 Å². The first-order valence-electron chi connectivity index (χ1n) is 5.53. The van der Waals surface area contributed by atoms with E-state index in [1.54, 1.807) is 12.1 Å². The zero-order valence-electron chi connectivity index (χ0n) is 9.32. The van der Waals surface area contributed by atoms with Gasteiger partial charge in [-0.15, -0.1) is 11.3 Å². The van der Waals surface area contributed by atoms with Gasteiger partial charge in [-0.1, -0.05) is 23.2 Å². The van der Waals surface area contributed by atoms with Gasteiger partial charge in [0.2, 0.25) is 0 Å². The third kappa shape index (κ3) is 2.01. The monoisotopic (exact) mass is 300 g/mol. The summed E-state index contributed by atoms with van der Waals surface area (Å²) < 4.78 is 5.59. The first kappa shape index (κ1) is 12.3. The molecule has 0 bridgehead atoms. The molecular weight excluding hydrogens is 291 g/mol. The minimum absolute atomic E-state index is 0.569. The van der Waals surface area contributed by atoms with E-state index in [1.165, 1.54) is 11.3 Å². The quantitative estimate of drug-likeness (QED) is 0.906. The summed E-state index contributed by atoms with van der Waals surface area (Å²) in [5.41, 5.74) is 1.74. The van der Waals surface area contributed by atoms with E-state index in [1.807, 2.05) is 11.4 Å². The fraction of sp³-hybridized carbons (Fsp3) is 0.231. The maximum Gasteiger partial charge on any atom is 0.128 e. The lowest BCUT2D eigenvalue weighted by molar-refractivity contribution is 0.217. The maximum atomic E-state index is 10.4. The molecule has 1 aromatic heterocycles. The van der Waals surface area contributed by atoms with Crippen molar-refractivity contribution in [3.8, 4) is 5.75 Å². The summed E-state index contributed by atoms with van der Waals surface area (Å²) in [4.78, 5) is 0.719. The van der Waals surface area contributed by atoms with Crippen LogP contribution >= 0.6 is 34.5 Å². The van der Waals surface area contributed by atoms with Crippen molar-refractivity contribution in [3.63, 3.8) is 0 Å². The van der Waals surface area contributed by atoms with E-state index in [9.17, 15) is 5.11 Å². The molecule has 1 aliphatic heterocycles. The molecule has 0 radical (unpaired) electrons. The number of ether oxygens (including phenoxy) is 1. The highest BCUT2D eigenvalue weighted by atomic mass is 35.5. The Morgan fingerprint density at radius 2 is 2.17 bits per heavy atom. The van der Waals surface area contributed by atoms with E-state index >= 15 is 0 Å². The van der Waals surface area contributed by atoms with Crippen LogP contribution in [0.2, 0.25) is 10.0 Å². The first-order valence-corrected chi connectivity index (χ1v) is 7.16. The lowest BCUT2D eigenvalue weighted by Gasteiger charge is -2.14. The van der Waals surface area contributed by atoms with Gasteiger partial charge in [0, 0.05) is 17.0 Å². The van der Waals surface area contributed by atoms with Crippen LogP contribution in [-0.4, -0.2) is 11.7 Å². The SMILES string of the molecule is OC(c1cc(Cl)cc2c1OCC2)c1sccc1Cl. The van der Waals surface area contributed by atoms with Crippen molar-refractivity contribution >= 4 is 34.5 Å². The molecule has 0 amide bonds. The summed E-state index contributed by atoms with van der Waals surface area (Å²) in [6.07, 6.45) is 0.0383. The van der Waals surface area contributed by atoms with Crippen LogP contribution < -0.4 is 4.74 Å². The lowest BCUT2D eigenvalue weighted by Crippen LogP contribution is -2.01. The smallest absolute Gasteiger partial charge is 0.128 e. The summed E-state index contributed by atoms with van der Waals surface area (Å²) in [6, 6.07) is 5.40. The summed E-state index contributed by atoms with van der Waals surface area (Å²) in [7, 11) is 0. The molecule has 0 saturated heterocycles. The summed E-state index contributed by atoms with van der Waals surface area (Å²) >= 11 is 13.6. The third-order valence-electron chi connectivity index (χ3n) is 2.96. The van der Waals surface area contributed by atoms with Gasteiger partial charge in [0.05, 0.1) is 16.5 Å². The van der Waals surface area contributed by atoms with Crippen LogP contribution in [0.3, 0.4) is 0 Å². The zero-order chi connectivity index (χ0) is 12.7. The van der Waals surface area contributed by atoms with E-state index in [0.29, 0.717) is 22.2 Å². The molecule has 0 aliphatic carbocycles. The van der Waals surface area contributed by atoms with Gasteiger partial charge in [-0.25, -0.2) is 0 Å². The molecular formula is C13H10Cl2O2S. The Balaban J connectivity index is 2.10. The standard InChI is InChI=1S/C13H10Cl2O2S/c14-8-5-7-1-3-17-12(7)9(6-8)11(16)13-10(15)2-4-18-13/h2,4-6,11,16H,1,3H2. The number of rotatable bonds is 2. The molecule has 1 unspecified atom stereocenters. The molecule has 0 saturated carbocycles. The third-order valence-corrected chi connectivity index (χ3v) is 4.59. The van der Waals surface area contributed by atoms with Crippen molar-refractivity contribution in [3.05, 3.63) is 49.6 Å². The molecule has 0 fully saturated rings. The highest BCUT2D eigenvalue weighted by Gasteiger charge is 2.25. The highest BCUT2D eigenvalue weighted by Crippen LogP contribution is 2.41. The molecule has 2 heterocycles. The molecule has 1 N–H and O–H groups in total. The molecule has 3 rings (SSSR count). The molecule has 1 atom stereocenters. The molecule has 0 spiro atoms. The topological polar surface area (TPSA) is 29.5 Å². The minimum Gasteiger partial charge on any atom is -0.493 e. The molecule has 2 aromatic rings. The summed E-state index contributed by atoms with van der Waals surface area (Å²) in [5, 5.41) is 13.5. The van der Waals surface area contributed by atoms with E-state index in [0.717, 1.165) is 22.6 Å². The van der Waals surface area contributed by atoms with Crippen molar-refractivity contribution in [2.24, 2.45) is 0 Å². The Morgan fingerprint density at radius 1 is 1.33 bits per heavy atom. The van der Waals surface area contributed by atoms with Crippen molar-refractivity contribution in [1.29, 1.82) is 0 Å². The first-order chi connectivity index (χ1) is 8.66. The Morgan fingerprint density at radius 3 is 2.89 bits per heavy atom. The van der Waals surface area contributed by atoms with Crippen molar-refractivity contribution < 1.29 is 9.84 Å². The summed E-state index contributed by atoms with van der Waals surface area (Å²) in [6.45, 7) is 0.633. The normalized spacial score (nSPS) is 15.3. The zero-order valence-corrected chi connectivity index (χ0v) is 11.6. The van der Waals surface area contributed by atoms with E-state index in [2.05, 4.69) is 0 Å². The Hall–Kier alpha value is -0.740. The average molecular weight is 301 g/mol. The van der Waals surface area contributed by atoms with Crippen LogP contribution in [0, 0.1) is 0 Å². The predicted molar refractivity (Wildman–Crippen MR) is 74.0 cm³/mol. The fourth-order valence-electron chi connectivity index (χ4n) is 2.14. The number of benzene rings is 1. The van der Waals surface area contributed by atoms with Crippen LogP contribution in [0.4, 0.5) is 0 Å². The number of hydrogen-bond acceptors (Lipinski definition) is 3. The lowest BCUT2D eigenvalue weighted by atomic mass is 10.0. The molecule has 2 nitrogen and oxygen atoms in total. The Kier molecular flexibility index (Phi) is 3.24. The molecule has 1 aromatic carbocycles. The van der Waals surface area contributed by atoms with Gasteiger partial charge in [-0.3, -0.25) is 0 Å². The number of fused-ring (bicyclic) bond motifs is 1. The van der Waals surface area contributed by atoms with Gasteiger partial charge < -0.3 is 9.84 Å². The molecule has 1 aliphatic rings. The van der Waals surface area contributed by atoms with Gasteiger partial charge in [0.1, 0.15) is 11.9 Å². The fourth-order valence-corrected chi connectivity index (χ4v) is 3.55. The van der Waals surface area contributed by atoms with Crippen LogP contribution in [-0.2, 0) is 6.42 Å². The molecule has 18 heavy (non-hydrogen) atoms. The second kappa shape index (κ2) is 4.74. The number of aliphatic hydroxyl groups is 1. The number of thiophene rings is 1. The van der Waals surface area contributed by atoms with E-state index in [4.69, 9.17) is 27.9 Å². The molecule has 5 heteroatoms.